The van der Waals surface area contributed by atoms with Gasteiger partial charge < -0.3 is 4.57 Å². The molecule has 0 saturated carbocycles. The lowest BCUT2D eigenvalue weighted by Gasteiger charge is -1.98. The van der Waals surface area contributed by atoms with Crippen LogP contribution >= 0.6 is 0 Å². The number of rotatable bonds is 1. The molecule has 1 nitrogen and oxygen atoms in total. The van der Waals surface area contributed by atoms with Crippen LogP contribution in [0.15, 0.2) is 30.8 Å². The van der Waals surface area contributed by atoms with Crippen LogP contribution in [-0.2, 0) is 0 Å². The van der Waals surface area contributed by atoms with E-state index in [4.69, 9.17) is 0 Å². The van der Waals surface area contributed by atoms with Gasteiger partial charge in [0, 0.05) is 17.3 Å². The zero-order valence-corrected chi connectivity index (χ0v) is 8.04. The summed E-state index contributed by atoms with van der Waals surface area (Å²) in [4.78, 5) is 0. The van der Waals surface area contributed by atoms with Crippen molar-refractivity contribution in [3.8, 4) is 0 Å². The lowest BCUT2D eigenvalue weighted by atomic mass is 10.2. The first-order valence-corrected chi connectivity index (χ1v) is 4.44. The Morgan fingerprint density at radius 1 is 1.23 bits per heavy atom. The van der Waals surface area contributed by atoms with Crippen molar-refractivity contribution in [2.24, 2.45) is 0 Å². The van der Waals surface area contributed by atoms with E-state index in [-0.39, 0.29) is 0 Å². The maximum atomic E-state index is 3.82. The van der Waals surface area contributed by atoms with E-state index in [0.29, 0.717) is 0 Å². The predicted molar refractivity (Wildman–Crippen MR) is 57.8 cm³/mol. The summed E-state index contributed by atoms with van der Waals surface area (Å²) in [6.07, 6.45) is 1.87. The van der Waals surface area contributed by atoms with E-state index >= 15 is 0 Å². The summed E-state index contributed by atoms with van der Waals surface area (Å²) in [5.74, 6) is 0. The molecule has 0 N–H and O–H groups in total. The Labute approximate surface area is 78.3 Å². The van der Waals surface area contributed by atoms with E-state index in [1.807, 2.05) is 6.20 Å². The first-order chi connectivity index (χ1) is 6.25. The largest absolute Gasteiger partial charge is 0.321 e. The highest BCUT2D eigenvalue weighted by atomic mass is 15.0. The molecule has 0 aliphatic heterocycles. The van der Waals surface area contributed by atoms with Gasteiger partial charge in [0.2, 0.25) is 0 Å². The molecule has 0 bridgehead atoms. The number of fused-ring (bicyclic) bond motifs is 1. The molecule has 13 heavy (non-hydrogen) atoms. The average molecular weight is 171 g/mol. The van der Waals surface area contributed by atoms with Crippen LogP contribution in [-0.4, -0.2) is 4.57 Å². The lowest BCUT2D eigenvalue weighted by molar-refractivity contribution is 1.11. The van der Waals surface area contributed by atoms with Gasteiger partial charge in [-0.1, -0.05) is 24.8 Å². The molecular weight excluding hydrogens is 158 g/mol. The van der Waals surface area contributed by atoms with Crippen molar-refractivity contribution in [1.29, 1.82) is 0 Å². The van der Waals surface area contributed by atoms with Crippen molar-refractivity contribution in [2.75, 3.05) is 0 Å². The maximum absolute atomic E-state index is 3.82. The first kappa shape index (κ1) is 8.11. The Kier molecular flexibility index (Phi) is 1.73. The molecule has 0 radical (unpaired) electrons. The highest BCUT2D eigenvalue weighted by molar-refractivity contribution is 5.86. The molecule has 0 aliphatic rings. The molecule has 0 aliphatic carbocycles. The van der Waals surface area contributed by atoms with Crippen LogP contribution in [0.3, 0.4) is 0 Å². The second kappa shape index (κ2) is 2.77. The number of nitrogens with zero attached hydrogens (tertiary/aromatic N) is 1. The molecule has 0 amide bonds. The van der Waals surface area contributed by atoms with E-state index in [9.17, 15) is 0 Å². The fraction of sp³-hybridized carbons (Fsp3) is 0.167. The van der Waals surface area contributed by atoms with E-state index in [1.165, 1.54) is 22.2 Å². The van der Waals surface area contributed by atoms with Crippen LogP contribution in [0.25, 0.3) is 17.1 Å². The van der Waals surface area contributed by atoms with Crippen molar-refractivity contribution in [2.45, 2.75) is 13.8 Å². The fourth-order valence-corrected chi connectivity index (χ4v) is 1.79. The average Bonchev–Trinajstić information content (AvgIpc) is 2.41. The van der Waals surface area contributed by atoms with Gasteiger partial charge in [-0.15, -0.1) is 0 Å². The monoisotopic (exact) mass is 171 g/mol. The van der Waals surface area contributed by atoms with Crippen LogP contribution < -0.4 is 0 Å². The molecule has 1 heteroatoms. The molecule has 0 spiro atoms. The van der Waals surface area contributed by atoms with E-state index in [1.54, 1.807) is 0 Å². The third kappa shape index (κ3) is 1.00. The molecule has 2 aromatic rings. The molecule has 2 rings (SSSR count). The minimum Gasteiger partial charge on any atom is -0.321 e. The Bertz CT molecular complexity index is 463. The summed E-state index contributed by atoms with van der Waals surface area (Å²) in [7, 11) is 0. The number of benzene rings is 1. The van der Waals surface area contributed by atoms with Gasteiger partial charge in [0.05, 0.1) is 5.52 Å². The predicted octanol–water partition coefficient (Wildman–Crippen LogP) is 3.36. The molecule has 0 atom stereocenters. The molecule has 66 valence electrons. The fourth-order valence-electron chi connectivity index (χ4n) is 1.79. The number of aryl methyl sites for hydroxylation is 1. The zero-order valence-electron chi connectivity index (χ0n) is 8.04. The highest BCUT2D eigenvalue weighted by Crippen LogP contribution is 2.24. The van der Waals surface area contributed by atoms with E-state index in [2.05, 4.69) is 49.3 Å². The topological polar surface area (TPSA) is 4.93 Å². The number of para-hydroxylation sites is 1. The highest BCUT2D eigenvalue weighted by Gasteiger charge is 2.06. The number of hydrogen-bond acceptors (Lipinski definition) is 0. The maximum Gasteiger partial charge on any atom is 0.0527 e. The smallest absolute Gasteiger partial charge is 0.0527 e. The standard InChI is InChI=1S/C12H13N/c1-4-13-10(3)9(2)11-7-5-6-8-12(11)13/h4-8H,1H2,2-3H3. The minimum absolute atomic E-state index is 1.24. The number of hydrogen-bond donors (Lipinski definition) is 0. The second-order valence-corrected chi connectivity index (χ2v) is 3.28. The Morgan fingerprint density at radius 3 is 2.62 bits per heavy atom. The summed E-state index contributed by atoms with van der Waals surface area (Å²) in [5, 5.41) is 1.32. The van der Waals surface area contributed by atoms with Crippen LogP contribution in [0.1, 0.15) is 11.3 Å². The van der Waals surface area contributed by atoms with Crippen LogP contribution in [0, 0.1) is 13.8 Å². The molecular formula is C12H13N. The first-order valence-electron chi connectivity index (χ1n) is 4.44. The van der Waals surface area contributed by atoms with Crippen LogP contribution in [0.2, 0.25) is 0 Å². The molecule has 0 unspecified atom stereocenters. The quantitative estimate of drug-likeness (QED) is 0.620. The number of aromatic nitrogens is 1. The summed E-state index contributed by atoms with van der Waals surface area (Å²) in [6, 6.07) is 8.40. The minimum atomic E-state index is 1.24. The molecule has 1 aromatic carbocycles. The third-order valence-corrected chi connectivity index (χ3v) is 2.65. The van der Waals surface area contributed by atoms with Gasteiger partial charge in [-0.05, 0) is 25.5 Å². The van der Waals surface area contributed by atoms with Gasteiger partial charge in [-0.25, -0.2) is 0 Å². The molecule has 1 heterocycles. The van der Waals surface area contributed by atoms with Gasteiger partial charge in [0.15, 0.2) is 0 Å². The van der Waals surface area contributed by atoms with Gasteiger partial charge >= 0.3 is 0 Å². The second-order valence-electron chi connectivity index (χ2n) is 3.28. The van der Waals surface area contributed by atoms with Crippen LogP contribution in [0.4, 0.5) is 0 Å². The Morgan fingerprint density at radius 2 is 1.92 bits per heavy atom. The molecule has 0 saturated heterocycles. The van der Waals surface area contributed by atoms with Crippen molar-refractivity contribution < 1.29 is 0 Å². The van der Waals surface area contributed by atoms with Gasteiger partial charge in [0.25, 0.3) is 0 Å². The van der Waals surface area contributed by atoms with Crippen LogP contribution in [0.5, 0.6) is 0 Å². The third-order valence-electron chi connectivity index (χ3n) is 2.65. The lowest BCUT2D eigenvalue weighted by Crippen LogP contribution is -1.87. The zero-order chi connectivity index (χ0) is 9.42. The van der Waals surface area contributed by atoms with E-state index < -0.39 is 0 Å². The normalized spacial score (nSPS) is 10.6. The van der Waals surface area contributed by atoms with Crippen molar-refractivity contribution in [1.82, 2.24) is 4.57 Å². The summed E-state index contributed by atoms with van der Waals surface area (Å²) in [5.41, 5.74) is 3.86. The van der Waals surface area contributed by atoms with Gasteiger partial charge in [-0.2, -0.15) is 0 Å². The molecule has 1 aromatic heterocycles. The SMILES string of the molecule is C=Cn1c(C)c(C)c2ccccc21. The van der Waals surface area contributed by atoms with Crippen molar-refractivity contribution in [3.05, 3.63) is 42.1 Å². The van der Waals surface area contributed by atoms with Gasteiger partial charge in [0.1, 0.15) is 0 Å². The van der Waals surface area contributed by atoms with E-state index in [0.717, 1.165) is 0 Å². The van der Waals surface area contributed by atoms with Crippen molar-refractivity contribution >= 4 is 17.1 Å². The summed E-state index contributed by atoms with van der Waals surface area (Å²) >= 11 is 0. The van der Waals surface area contributed by atoms with Gasteiger partial charge in [-0.3, -0.25) is 0 Å². The Hall–Kier alpha value is -1.50. The summed E-state index contributed by atoms with van der Waals surface area (Å²) < 4.78 is 2.13. The Balaban J connectivity index is 2.98. The molecule has 0 fully saturated rings. The summed E-state index contributed by atoms with van der Waals surface area (Å²) in [6.45, 7) is 8.09. The van der Waals surface area contributed by atoms with Crippen molar-refractivity contribution in [3.63, 3.8) is 0 Å².